The van der Waals surface area contributed by atoms with Crippen LogP contribution in [0.4, 0.5) is 0 Å². The van der Waals surface area contributed by atoms with Gasteiger partial charge in [-0.2, -0.15) is 0 Å². The normalized spacial score (nSPS) is 19.8. The number of nitrogens with zero attached hydrogens (tertiary/aromatic N) is 2. The molecule has 1 heterocycles. The largest absolute Gasteiger partial charge is 0.340 e. The Morgan fingerprint density at radius 2 is 1.69 bits per heavy atom. The van der Waals surface area contributed by atoms with Gasteiger partial charge in [0, 0.05) is 49.7 Å². The molecular formula is C18H26BrN3O3S. The van der Waals surface area contributed by atoms with Crippen LogP contribution in [0.25, 0.3) is 0 Å². The van der Waals surface area contributed by atoms with Crippen LogP contribution in [0.5, 0.6) is 0 Å². The van der Waals surface area contributed by atoms with E-state index in [0.717, 1.165) is 30.7 Å². The van der Waals surface area contributed by atoms with Gasteiger partial charge in [0.15, 0.2) is 0 Å². The van der Waals surface area contributed by atoms with Gasteiger partial charge in [0.05, 0.1) is 4.90 Å². The molecule has 1 aromatic rings. The Hall–Kier alpha value is -0.960. The second-order valence-electron chi connectivity index (χ2n) is 6.96. The van der Waals surface area contributed by atoms with Gasteiger partial charge in [-0.3, -0.25) is 9.69 Å². The average Bonchev–Trinajstić information content (AvgIpc) is 3.17. The molecule has 144 valence electrons. The van der Waals surface area contributed by atoms with Crippen LogP contribution < -0.4 is 4.72 Å². The van der Waals surface area contributed by atoms with Gasteiger partial charge in [-0.25, -0.2) is 13.1 Å². The molecule has 0 bridgehead atoms. The topological polar surface area (TPSA) is 69.7 Å². The second-order valence-corrected chi connectivity index (χ2v) is 9.64. The van der Waals surface area contributed by atoms with Gasteiger partial charge in [-0.15, -0.1) is 0 Å². The Bertz CT molecular complexity index is 710. The summed E-state index contributed by atoms with van der Waals surface area (Å²) < 4.78 is 27.8. The number of carbonyl (C=O) groups is 1. The van der Waals surface area contributed by atoms with Gasteiger partial charge in [0.25, 0.3) is 0 Å². The highest BCUT2D eigenvalue weighted by Crippen LogP contribution is 2.24. The molecule has 1 N–H and O–H groups in total. The van der Waals surface area contributed by atoms with Crippen LogP contribution in [-0.2, 0) is 14.8 Å². The van der Waals surface area contributed by atoms with Crippen LogP contribution >= 0.6 is 15.9 Å². The molecule has 2 aliphatic rings. The molecule has 1 aliphatic carbocycles. The summed E-state index contributed by atoms with van der Waals surface area (Å²) in [4.78, 5) is 16.9. The maximum atomic E-state index is 12.4. The molecule has 3 rings (SSSR count). The predicted octanol–water partition coefficient (Wildman–Crippen LogP) is 2.20. The summed E-state index contributed by atoms with van der Waals surface area (Å²) in [5.74, 6) is 0.0228. The van der Waals surface area contributed by atoms with Crippen molar-refractivity contribution >= 4 is 31.9 Å². The second kappa shape index (κ2) is 8.82. The number of hydrogen-bond donors (Lipinski definition) is 1. The first-order valence-corrected chi connectivity index (χ1v) is 11.5. The number of amides is 1. The fraction of sp³-hybridized carbons (Fsp3) is 0.611. The SMILES string of the molecule is O=C(CCNS(=O)(=O)c1ccc(Br)cc1)N1CCN(C2CCCC2)CC1. The number of hydrogen-bond acceptors (Lipinski definition) is 4. The number of nitrogens with one attached hydrogen (secondary N) is 1. The third-order valence-corrected chi connectivity index (χ3v) is 7.27. The standard InChI is InChI=1S/C18H26BrN3O3S/c19-15-5-7-17(8-6-15)26(24,25)20-10-9-18(23)22-13-11-21(12-14-22)16-3-1-2-4-16/h5-8,16,20H,1-4,9-14H2. The smallest absolute Gasteiger partial charge is 0.240 e. The number of halogens is 1. The molecule has 1 saturated carbocycles. The summed E-state index contributed by atoms with van der Waals surface area (Å²) in [6.45, 7) is 3.48. The van der Waals surface area contributed by atoms with E-state index in [1.807, 2.05) is 4.90 Å². The van der Waals surface area contributed by atoms with Crippen molar-refractivity contribution in [3.63, 3.8) is 0 Å². The Morgan fingerprint density at radius 3 is 2.31 bits per heavy atom. The fourth-order valence-electron chi connectivity index (χ4n) is 3.75. The van der Waals surface area contributed by atoms with Gasteiger partial charge >= 0.3 is 0 Å². The van der Waals surface area contributed by atoms with Crippen LogP contribution in [-0.4, -0.2) is 62.9 Å². The summed E-state index contributed by atoms with van der Waals surface area (Å²) in [5, 5.41) is 0. The van der Waals surface area contributed by atoms with Gasteiger partial charge in [-0.1, -0.05) is 28.8 Å². The van der Waals surface area contributed by atoms with Gasteiger partial charge in [0.1, 0.15) is 0 Å². The molecule has 0 atom stereocenters. The molecule has 1 aromatic carbocycles. The maximum Gasteiger partial charge on any atom is 0.240 e. The highest BCUT2D eigenvalue weighted by atomic mass is 79.9. The molecule has 26 heavy (non-hydrogen) atoms. The molecule has 2 fully saturated rings. The molecule has 6 nitrogen and oxygen atoms in total. The fourth-order valence-corrected chi connectivity index (χ4v) is 5.05. The van der Waals surface area contributed by atoms with Crippen molar-refractivity contribution < 1.29 is 13.2 Å². The van der Waals surface area contributed by atoms with E-state index in [-0.39, 0.29) is 23.8 Å². The van der Waals surface area contributed by atoms with E-state index in [2.05, 4.69) is 25.6 Å². The minimum Gasteiger partial charge on any atom is -0.340 e. The minimum absolute atomic E-state index is 0.0228. The third kappa shape index (κ3) is 5.06. The zero-order chi connectivity index (χ0) is 18.6. The zero-order valence-corrected chi connectivity index (χ0v) is 17.3. The summed E-state index contributed by atoms with van der Waals surface area (Å²) in [6, 6.07) is 7.14. The molecule has 0 unspecified atom stereocenters. The molecular weight excluding hydrogens is 418 g/mol. The molecule has 8 heteroatoms. The lowest BCUT2D eigenvalue weighted by molar-refractivity contribution is -0.133. The van der Waals surface area contributed by atoms with Crippen molar-refractivity contribution in [3.8, 4) is 0 Å². The van der Waals surface area contributed by atoms with E-state index in [4.69, 9.17) is 0 Å². The summed E-state index contributed by atoms with van der Waals surface area (Å²) in [5.41, 5.74) is 0. The van der Waals surface area contributed by atoms with Crippen molar-refractivity contribution in [1.29, 1.82) is 0 Å². The Kier molecular flexibility index (Phi) is 6.71. The van der Waals surface area contributed by atoms with Gasteiger partial charge in [0.2, 0.25) is 15.9 Å². The first-order valence-electron chi connectivity index (χ1n) is 9.23. The predicted molar refractivity (Wildman–Crippen MR) is 104 cm³/mol. The van der Waals surface area contributed by atoms with E-state index >= 15 is 0 Å². The Balaban J connectivity index is 1.42. The number of benzene rings is 1. The van der Waals surface area contributed by atoms with Crippen molar-refractivity contribution in [3.05, 3.63) is 28.7 Å². The maximum absolute atomic E-state index is 12.4. The first kappa shape index (κ1) is 19.8. The number of sulfonamides is 1. The highest BCUT2D eigenvalue weighted by molar-refractivity contribution is 9.10. The summed E-state index contributed by atoms with van der Waals surface area (Å²) in [6.07, 6.45) is 5.40. The van der Waals surface area contributed by atoms with E-state index in [1.165, 1.54) is 37.8 Å². The van der Waals surface area contributed by atoms with E-state index in [9.17, 15) is 13.2 Å². The lowest BCUT2D eigenvalue weighted by Crippen LogP contribution is -2.51. The van der Waals surface area contributed by atoms with E-state index in [1.54, 1.807) is 12.1 Å². The average molecular weight is 444 g/mol. The number of rotatable bonds is 6. The third-order valence-electron chi connectivity index (χ3n) is 5.26. The summed E-state index contributed by atoms with van der Waals surface area (Å²) in [7, 11) is -3.57. The van der Waals surface area contributed by atoms with Gasteiger partial charge < -0.3 is 4.90 Å². The van der Waals surface area contributed by atoms with Crippen molar-refractivity contribution in [1.82, 2.24) is 14.5 Å². The Morgan fingerprint density at radius 1 is 1.08 bits per heavy atom. The monoisotopic (exact) mass is 443 g/mol. The van der Waals surface area contributed by atoms with Crippen LogP contribution in [0.1, 0.15) is 32.1 Å². The van der Waals surface area contributed by atoms with Crippen molar-refractivity contribution in [2.24, 2.45) is 0 Å². The molecule has 1 aliphatic heterocycles. The minimum atomic E-state index is -3.57. The highest BCUT2D eigenvalue weighted by Gasteiger charge is 2.27. The van der Waals surface area contributed by atoms with Crippen molar-refractivity contribution in [2.75, 3.05) is 32.7 Å². The molecule has 0 aromatic heterocycles. The molecule has 0 spiro atoms. The first-order chi connectivity index (χ1) is 12.5. The zero-order valence-electron chi connectivity index (χ0n) is 14.9. The van der Waals surface area contributed by atoms with E-state index < -0.39 is 10.0 Å². The van der Waals surface area contributed by atoms with E-state index in [0.29, 0.717) is 6.04 Å². The molecule has 1 amide bonds. The Labute approximate surface area is 164 Å². The number of carbonyl (C=O) groups excluding carboxylic acids is 1. The molecule has 0 radical (unpaired) electrons. The summed E-state index contributed by atoms with van der Waals surface area (Å²) >= 11 is 3.28. The lowest BCUT2D eigenvalue weighted by atomic mass is 10.1. The van der Waals surface area contributed by atoms with Crippen LogP contribution in [0.2, 0.25) is 0 Å². The van der Waals surface area contributed by atoms with Crippen LogP contribution in [0.15, 0.2) is 33.6 Å². The molecule has 1 saturated heterocycles. The number of piperazine rings is 1. The van der Waals surface area contributed by atoms with Crippen LogP contribution in [0, 0.1) is 0 Å². The van der Waals surface area contributed by atoms with Crippen molar-refractivity contribution in [2.45, 2.75) is 43.0 Å². The quantitative estimate of drug-likeness (QED) is 0.731. The van der Waals surface area contributed by atoms with Gasteiger partial charge in [-0.05, 0) is 37.1 Å². The lowest BCUT2D eigenvalue weighted by Gasteiger charge is -2.38. The van der Waals surface area contributed by atoms with Crippen LogP contribution in [0.3, 0.4) is 0 Å².